The Hall–Kier alpha value is -1.77. The summed E-state index contributed by atoms with van der Waals surface area (Å²) < 4.78 is 5.52. The molecule has 0 spiro atoms. The van der Waals surface area contributed by atoms with Gasteiger partial charge in [0.15, 0.2) is 6.29 Å². The highest BCUT2D eigenvalue weighted by Gasteiger charge is 2.17. The summed E-state index contributed by atoms with van der Waals surface area (Å²) in [5.74, 6) is 0.913. The zero-order chi connectivity index (χ0) is 9.54. The van der Waals surface area contributed by atoms with E-state index < -0.39 is 0 Å². The van der Waals surface area contributed by atoms with Crippen molar-refractivity contribution in [3.05, 3.63) is 29.5 Å². The molecule has 1 aromatic heterocycles. The zero-order valence-electron chi connectivity index (χ0n) is 7.54. The van der Waals surface area contributed by atoms with Gasteiger partial charge in [0.05, 0.1) is 12.1 Å². The smallest absolute Gasteiger partial charge is 0.152 e. The highest BCUT2D eigenvalue weighted by atomic mass is 16.5. The van der Waals surface area contributed by atoms with Crippen molar-refractivity contribution in [2.75, 3.05) is 6.61 Å². The number of carbonyl (C=O) groups is 1. The van der Waals surface area contributed by atoms with Crippen LogP contribution in [0, 0.1) is 0 Å². The molecule has 1 aliphatic heterocycles. The van der Waals surface area contributed by atoms with Crippen LogP contribution in [0.1, 0.15) is 15.9 Å². The minimum Gasteiger partial charge on any atom is -0.491 e. The molecule has 0 atom stereocenters. The fourth-order valence-electron chi connectivity index (χ4n) is 1.96. The summed E-state index contributed by atoms with van der Waals surface area (Å²) in [5, 5.41) is 0.945. The van der Waals surface area contributed by atoms with Crippen molar-refractivity contribution in [3.63, 3.8) is 0 Å². The van der Waals surface area contributed by atoms with Gasteiger partial charge in [-0.1, -0.05) is 12.1 Å². The Morgan fingerprint density at radius 3 is 3.21 bits per heavy atom. The van der Waals surface area contributed by atoms with E-state index in [0.29, 0.717) is 5.56 Å². The van der Waals surface area contributed by atoms with E-state index in [0.717, 1.165) is 36.0 Å². The van der Waals surface area contributed by atoms with E-state index in [1.54, 1.807) is 6.20 Å². The molecular formula is C11H9NO2. The van der Waals surface area contributed by atoms with Gasteiger partial charge in [-0.3, -0.25) is 4.79 Å². The third-order valence-electron chi connectivity index (χ3n) is 2.67. The first-order valence-corrected chi connectivity index (χ1v) is 4.61. The summed E-state index contributed by atoms with van der Waals surface area (Å²) in [4.78, 5) is 13.8. The topological polar surface area (TPSA) is 42.1 Å². The van der Waals surface area contributed by atoms with Crippen molar-refractivity contribution >= 4 is 17.2 Å². The Balaban J connectivity index is 2.40. The number of hydrogen-bond acceptors (Lipinski definition) is 2. The molecule has 3 nitrogen and oxygen atoms in total. The number of aldehydes is 1. The third-order valence-corrected chi connectivity index (χ3v) is 2.67. The Bertz CT molecular complexity index is 513. The largest absolute Gasteiger partial charge is 0.491 e. The first kappa shape index (κ1) is 7.62. The lowest BCUT2D eigenvalue weighted by molar-refractivity contribution is 0.112. The average molecular weight is 187 g/mol. The van der Waals surface area contributed by atoms with Crippen LogP contribution >= 0.6 is 0 Å². The van der Waals surface area contributed by atoms with Crippen LogP contribution in [0.3, 0.4) is 0 Å². The summed E-state index contributed by atoms with van der Waals surface area (Å²) >= 11 is 0. The van der Waals surface area contributed by atoms with Crippen molar-refractivity contribution in [2.24, 2.45) is 0 Å². The van der Waals surface area contributed by atoms with Gasteiger partial charge in [0.2, 0.25) is 0 Å². The molecule has 1 aliphatic rings. The number of hydrogen-bond donors (Lipinski definition) is 1. The van der Waals surface area contributed by atoms with Gasteiger partial charge in [0, 0.05) is 23.6 Å². The lowest BCUT2D eigenvalue weighted by atomic mass is 10.1. The van der Waals surface area contributed by atoms with Crippen LogP contribution in [0.25, 0.3) is 10.9 Å². The SMILES string of the molecule is O=Cc1c[nH]c2c3c(ccc12)CCO3. The maximum Gasteiger partial charge on any atom is 0.152 e. The van der Waals surface area contributed by atoms with Crippen LogP contribution < -0.4 is 4.74 Å². The summed E-state index contributed by atoms with van der Waals surface area (Å²) in [5.41, 5.74) is 2.86. The second kappa shape index (κ2) is 2.61. The normalized spacial score (nSPS) is 14.0. The van der Waals surface area contributed by atoms with Gasteiger partial charge in [-0.25, -0.2) is 0 Å². The fraction of sp³-hybridized carbons (Fsp3) is 0.182. The Morgan fingerprint density at radius 2 is 2.36 bits per heavy atom. The van der Waals surface area contributed by atoms with E-state index in [9.17, 15) is 4.79 Å². The highest BCUT2D eigenvalue weighted by molar-refractivity contribution is 6.00. The molecule has 0 aliphatic carbocycles. The van der Waals surface area contributed by atoms with Gasteiger partial charge >= 0.3 is 0 Å². The fourth-order valence-corrected chi connectivity index (χ4v) is 1.96. The van der Waals surface area contributed by atoms with E-state index in [-0.39, 0.29) is 0 Å². The molecule has 70 valence electrons. The molecule has 14 heavy (non-hydrogen) atoms. The van der Waals surface area contributed by atoms with Gasteiger partial charge in [-0.15, -0.1) is 0 Å². The minimum atomic E-state index is 0.693. The molecule has 0 saturated carbocycles. The minimum absolute atomic E-state index is 0.693. The Morgan fingerprint density at radius 1 is 1.43 bits per heavy atom. The standard InChI is InChI=1S/C11H9NO2/c13-6-8-5-12-10-9(8)2-1-7-3-4-14-11(7)10/h1-2,5-6,12H,3-4H2. The highest BCUT2D eigenvalue weighted by Crippen LogP contribution is 2.34. The maximum atomic E-state index is 10.7. The quantitative estimate of drug-likeness (QED) is 0.693. The first-order valence-electron chi connectivity index (χ1n) is 4.61. The number of H-pyrrole nitrogens is 1. The predicted octanol–water partition coefficient (Wildman–Crippen LogP) is 1.92. The third kappa shape index (κ3) is 0.839. The first-order chi connectivity index (χ1) is 6.90. The number of carbonyl (C=O) groups excluding carboxylic acids is 1. The van der Waals surface area contributed by atoms with Crippen molar-refractivity contribution < 1.29 is 9.53 Å². The lowest BCUT2D eigenvalue weighted by Crippen LogP contribution is -1.86. The lowest BCUT2D eigenvalue weighted by Gasteiger charge is -2.00. The Kier molecular flexibility index (Phi) is 1.42. The maximum absolute atomic E-state index is 10.7. The number of aromatic nitrogens is 1. The van der Waals surface area contributed by atoms with Crippen LogP contribution in [-0.4, -0.2) is 17.9 Å². The number of rotatable bonds is 1. The second-order valence-electron chi connectivity index (χ2n) is 3.44. The molecule has 0 amide bonds. The number of fused-ring (bicyclic) bond motifs is 3. The van der Waals surface area contributed by atoms with Gasteiger partial charge in [0.1, 0.15) is 5.75 Å². The zero-order valence-corrected chi connectivity index (χ0v) is 7.54. The summed E-state index contributed by atoms with van der Waals surface area (Å²) in [6.07, 6.45) is 3.54. The number of aromatic amines is 1. The number of nitrogens with one attached hydrogen (secondary N) is 1. The molecule has 0 radical (unpaired) electrons. The van der Waals surface area contributed by atoms with Crippen LogP contribution in [-0.2, 0) is 6.42 Å². The van der Waals surface area contributed by atoms with Crippen molar-refractivity contribution in [2.45, 2.75) is 6.42 Å². The van der Waals surface area contributed by atoms with E-state index in [4.69, 9.17) is 4.74 Å². The van der Waals surface area contributed by atoms with Crippen molar-refractivity contribution in [1.82, 2.24) is 4.98 Å². The van der Waals surface area contributed by atoms with Crippen LogP contribution in [0.4, 0.5) is 0 Å². The van der Waals surface area contributed by atoms with Gasteiger partial charge in [-0.2, -0.15) is 0 Å². The monoisotopic (exact) mass is 187 g/mol. The molecule has 3 rings (SSSR count). The van der Waals surface area contributed by atoms with E-state index in [1.807, 2.05) is 12.1 Å². The van der Waals surface area contributed by atoms with Gasteiger partial charge in [0.25, 0.3) is 0 Å². The van der Waals surface area contributed by atoms with Crippen molar-refractivity contribution in [3.8, 4) is 5.75 Å². The summed E-state index contributed by atoms with van der Waals surface area (Å²) in [7, 11) is 0. The molecule has 2 heterocycles. The molecule has 1 N–H and O–H groups in total. The van der Waals surface area contributed by atoms with Crippen LogP contribution in [0.5, 0.6) is 5.75 Å². The van der Waals surface area contributed by atoms with Crippen LogP contribution in [0.2, 0.25) is 0 Å². The van der Waals surface area contributed by atoms with E-state index in [1.165, 1.54) is 5.56 Å². The molecule has 1 aromatic carbocycles. The average Bonchev–Trinajstić information content (AvgIpc) is 2.82. The van der Waals surface area contributed by atoms with Crippen LogP contribution in [0.15, 0.2) is 18.3 Å². The molecule has 3 heteroatoms. The van der Waals surface area contributed by atoms with Gasteiger partial charge < -0.3 is 9.72 Å². The van der Waals surface area contributed by atoms with E-state index >= 15 is 0 Å². The summed E-state index contributed by atoms with van der Waals surface area (Å²) in [6.45, 7) is 0.740. The molecule has 0 fully saturated rings. The molecule has 0 saturated heterocycles. The number of ether oxygens (including phenoxy) is 1. The second-order valence-corrected chi connectivity index (χ2v) is 3.44. The van der Waals surface area contributed by atoms with Crippen molar-refractivity contribution in [1.29, 1.82) is 0 Å². The molecule has 0 unspecified atom stereocenters. The predicted molar refractivity (Wildman–Crippen MR) is 52.9 cm³/mol. The van der Waals surface area contributed by atoms with Gasteiger partial charge in [-0.05, 0) is 5.56 Å². The summed E-state index contributed by atoms with van der Waals surface area (Å²) in [6, 6.07) is 4.01. The number of benzene rings is 1. The molecule has 2 aromatic rings. The molecule has 0 bridgehead atoms. The van der Waals surface area contributed by atoms with E-state index in [2.05, 4.69) is 4.98 Å². The molecular weight excluding hydrogens is 178 g/mol. The Labute approximate surface area is 80.7 Å².